The van der Waals surface area contributed by atoms with Crippen LogP contribution >= 0.6 is 11.6 Å². The summed E-state index contributed by atoms with van der Waals surface area (Å²) >= 11 is 6.17. The quantitative estimate of drug-likeness (QED) is 0.638. The Hall–Kier alpha value is -2.76. The molecule has 140 valence electrons. The predicted molar refractivity (Wildman–Crippen MR) is 106 cm³/mol. The Morgan fingerprint density at radius 3 is 2.59 bits per heavy atom. The number of furan rings is 1. The zero-order valence-electron chi connectivity index (χ0n) is 15.2. The van der Waals surface area contributed by atoms with Gasteiger partial charge in [-0.2, -0.15) is 0 Å². The third-order valence-corrected chi connectivity index (χ3v) is 4.50. The van der Waals surface area contributed by atoms with Crippen molar-refractivity contribution in [1.29, 1.82) is 0 Å². The number of likely N-dealkylation sites (N-methyl/N-ethyl adjacent to an activating group) is 1. The highest BCUT2D eigenvalue weighted by molar-refractivity contribution is 6.32. The van der Waals surface area contributed by atoms with Gasteiger partial charge in [-0.05, 0) is 42.9 Å². The molecule has 0 unspecified atom stereocenters. The van der Waals surface area contributed by atoms with Crippen molar-refractivity contribution in [2.45, 2.75) is 12.6 Å². The molecule has 3 rings (SSSR count). The van der Waals surface area contributed by atoms with Crippen LogP contribution in [0, 0.1) is 0 Å². The molecule has 0 bridgehead atoms. The van der Waals surface area contributed by atoms with E-state index < -0.39 is 6.04 Å². The lowest BCUT2D eigenvalue weighted by Gasteiger charge is -2.27. The number of carbonyl (C=O) groups is 1. The molecular formula is C21H21ClN2O3. The number of carbonyl (C=O) groups excluding carboxylic acids is 1. The monoisotopic (exact) mass is 384 g/mol. The minimum absolute atomic E-state index is 0.156. The number of hydrogen-bond acceptors (Lipinski definition) is 4. The van der Waals surface area contributed by atoms with E-state index in [2.05, 4.69) is 5.32 Å². The van der Waals surface area contributed by atoms with Crippen molar-refractivity contribution >= 4 is 23.2 Å². The second kappa shape index (κ2) is 8.75. The summed E-state index contributed by atoms with van der Waals surface area (Å²) in [6, 6.07) is 18.0. The van der Waals surface area contributed by atoms with Gasteiger partial charge in [0.25, 0.3) is 0 Å². The van der Waals surface area contributed by atoms with Crippen LogP contribution in [0.4, 0.5) is 5.69 Å². The lowest BCUT2D eigenvalue weighted by Crippen LogP contribution is -2.34. The Bertz CT molecular complexity index is 882. The summed E-state index contributed by atoms with van der Waals surface area (Å²) in [5.41, 5.74) is 1.50. The van der Waals surface area contributed by atoms with Gasteiger partial charge >= 0.3 is 0 Å². The lowest BCUT2D eigenvalue weighted by atomic mass is 10.0. The second-order valence-electron chi connectivity index (χ2n) is 6.15. The number of halogens is 1. The molecule has 2 aromatic carbocycles. The molecule has 0 saturated heterocycles. The highest BCUT2D eigenvalue weighted by Crippen LogP contribution is 2.29. The van der Waals surface area contributed by atoms with Gasteiger partial charge in [-0.15, -0.1) is 0 Å². The molecule has 0 saturated carbocycles. The Morgan fingerprint density at radius 2 is 1.96 bits per heavy atom. The molecule has 0 aliphatic carbocycles. The molecule has 5 nitrogen and oxygen atoms in total. The molecule has 0 aliphatic rings. The van der Waals surface area contributed by atoms with Crippen LogP contribution in [0.1, 0.15) is 17.4 Å². The fourth-order valence-electron chi connectivity index (χ4n) is 2.94. The molecule has 6 heteroatoms. The molecule has 1 heterocycles. The lowest BCUT2D eigenvalue weighted by molar-refractivity contribution is -0.121. The van der Waals surface area contributed by atoms with Gasteiger partial charge in [0.15, 0.2) is 0 Å². The van der Waals surface area contributed by atoms with Gasteiger partial charge in [-0.1, -0.05) is 41.9 Å². The van der Waals surface area contributed by atoms with Gasteiger partial charge in [0, 0.05) is 5.69 Å². The van der Waals surface area contributed by atoms with Crippen molar-refractivity contribution in [3.05, 3.63) is 83.3 Å². The van der Waals surface area contributed by atoms with Crippen molar-refractivity contribution in [3.8, 4) is 5.75 Å². The maximum atomic E-state index is 13.1. The molecule has 0 aliphatic heterocycles. The average molecular weight is 385 g/mol. The smallest absolute Gasteiger partial charge is 0.246 e. The van der Waals surface area contributed by atoms with Gasteiger partial charge in [0.1, 0.15) is 17.6 Å². The standard InChI is InChI=1S/C21H21ClN2O3/c1-24(14-17-9-6-12-27-17)20(15-7-4-3-5-8-15)21(25)23-16-10-11-19(26-2)18(22)13-16/h3-13,20H,14H2,1-2H3,(H,23,25)/t20-/m1/s1. The first-order chi connectivity index (χ1) is 13.1. The maximum absolute atomic E-state index is 13.1. The molecule has 0 spiro atoms. The molecule has 0 fully saturated rings. The molecular weight excluding hydrogens is 364 g/mol. The number of amides is 1. The molecule has 1 amide bonds. The molecule has 0 radical (unpaired) electrons. The van der Waals surface area contributed by atoms with Gasteiger partial charge in [0.2, 0.25) is 5.91 Å². The first-order valence-electron chi connectivity index (χ1n) is 8.50. The predicted octanol–water partition coefficient (Wildman–Crippen LogP) is 4.75. The first kappa shape index (κ1) is 19.0. The van der Waals surface area contributed by atoms with Crippen LogP contribution in [0.2, 0.25) is 5.02 Å². The average Bonchev–Trinajstić information content (AvgIpc) is 3.16. The zero-order valence-corrected chi connectivity index (χ0v) is 15.9. The van der Waals surface area contributed by atoms with Crippen molar-refractivity contribution in [2.24, 2.45) is 0 Å². The largest absolute Gasteiger partial charge is 0.495 e. The van der Waals surface area contributed by atoms with Crippen LogP contribution in [-0.2, 0) is 11.3 Å². The van der Waals surface area contributed by atoms with Gasteiger partial charge in [0.05, 0.1) is 24.9 Å². The summed E-state index contributed by atoms with van der Waals surface area (Å²) in [5.74, 6) is 1.19. The van der Waals surface area contributed by atoms with E-state index in [4.69, 9.17) is 20.8 Å². The van der Waals surface area contributed by atoms with Gasteiger partial charge < -0.3 is 14.5 Å². The van der Waals surface area contributed by atoms with E-state index in [1.165, 1.54) is 0 Å². The summed E-state index contributed by atoms with van der Waals surface area (Å²) in [4.78, 5) is 15.0. The van der Waals surface area contributed by atoms with E-state index in [-0.39, 0.29) is 5.91 Å². The summed E-state index contributed by atoms with van der Waals surface area (Å²) in [6.07, 6.45) is 1.63. The molecule has 3 aromatic rings. The number of nitrogens with zero attached hydrogens (tertiary/aromatic N) is 1. The Balaban J connectivity index is 1.83. The summed E-state index contributed by atoms with van der Waals surface area (Å²) < 4.78 is 10.6. The van der Waals surface area contributed by atoms with E-state index in [1.54, 1.807) is 31.6 Å². The van der Waals surface area contributed by atoms with E-state index in [9.17, 15) is 4.79 Å². The first-order valence-corrected chi connectivity index (χ1v) is 8.88. The number of anilines is 1. The topological polar surface area (TPSA) is 54.7 Å². The van der Waals surface area contributed by atoms with E-state index in [1.807, 2.05) is 54.4 Å². The van der Waals surface area contributed by atoms with Crippen LogP contribution < -0.4 is 10.1 Å². The third-order valence-electron chi connectivity index (χ3n) is 4.21. The summed E-state index contributed by atoms with van der Waals surface area (Å²) in [6.45, 7) is 0.503. The third kappa shape index (κ3) is 4.70. The van der Waals surface area contributed by atoms with Crippen molar-refractivity contribution in [1.82, 2.24) is 4.90 Å². The van der Waals surface area contributed by atoms with E-state index in [0.29, 0.717) is 23.0 Å². The number of methoxy groups -OCH3 is 1. The van der Waals surface area contributed by atoms with E-state index >= 15 is 0 Å². The number of rotatable bonds is 7. The van der Waals surface area contributed by atoms with Crippen LogP contribution in [0.3, 0.4) is 0 Å². The van der Waals surface area contributed by atoms with Crippen molar-refractivity contribution in [2.75, 3.05) is 19.5 Å². The fraction of sp³-hybridized carbons (Fsp3) is 0.190. The van der Waals surface area contributed by atoms with Crippen molar-refractivity contribution in [3.63, 3.8) is 0 Å². The summed E-state index contributed by atoms with van der Waals surface area (Å²) in [5, 5.41) is 3.38. The SMILES string of the molecule is COc1ccc(NC(=O)[C@@H](c2ccccc2)N(C)Cc2ccco2)cc1Cl. The van der Waals surface area contributed by atoms with Crippen LogP contribution in [-0.4, -0.2) is 25.0 Å². The van der Waals surface area contributed by atoms with Crippen LogP contribution in [0.15, 0.2) is 71.3 Å². The Kier molecular flexibility index (Phi) is 6.16. The van der Waals surface area contributed by atoms with Gasteiger partial charge in [-0.25, -0.2) is 0 Å². The highest BCUT2D eigenvalue weighted by atomic mass is 35.5. The van der Waals surface area contributed by atoms with Crippen molar-refractivity contribution < 1.29 is 13.9 Å². The highest BCUT2D eigenvalue weighted by Gasteiger charge is 2.26. The minimum atomic E-state index is -0.489. The molecule has 1 atom stereocenters. The minimum Gasteiger partial charge on any atom is -0.495 e. The second-order valence-corrected chi connectivity index (χ2v) is 6.55. The molecule has 1 aromatic heterocycles. The number of hydrogen-bond donors (Lipinski definition) is 1. The number of benzene rings is 2. The number of ether oxygens (including phenoxy) is 1. The maximum Gasteiger partial charge on any atom is 0.246 e. The van der Waals surface area contributed by atoms with Crippen LogP contribution in [0.25, 0.3) is 0 Å². The number of nitrogens with one attached hydrogen (secondary N) is 1. The molecule has 27 heavy (non-hydrogen) atoms. The Morgan fingerprint density at radius 1 is 1.19 bits per heavy atom. The normalized spacial score (nSPS) is 12.0. The fourth-order valence-corrected chi connectivity index (χ4v) is 3.19. The summed E-state index contributed by atoms with van der Waals surface area (Å²) in [7, 11) is 3.44. The van der Waals surface area contributed by atoms with E-state index in [0.717, 1.165) is 11.3 Å². The Labute approximate surface area is 163 Å². The van der Waals surface area contributed by atoms with Crippen LogP contribution in [0.5, 0.6) is 5.75 Å². The molecule has 1 N–H and O–H groups in total. The van der Waals surface area contributed by atoms with Gasteiger partial charge in [-0.3, -0.25) is 9.69 Å². The zero-order chi connectivity index (χ0) is 19.2.